The van der Waals surface area contributed by atoms with Gasteiger partial charge in [-0.05, 0) is 18.4 Å². The summed E-state index contributed by atoms with van der Waals surface area (Å²) in [7, 11) is 1.28. The lowest BCUT2D eigenvalue weighted by Crippen LogP contribution is -2.49. The number of aromatic nitrogens is 2. The molecule has 112 valence electrons. The highest BCUT2D eigenvalue weighted by atomic mass is 32.2. The molecule has 0 aliphatic heterocycles. The SMILES string of the molecule is COC(=O)[C@@H](Cc1cnc[nH]1)NC(=O)[C@@H](N)CCSC. The molecule has 0 aliphatic carbocycles. The quantitative estimate of drug-likeness (QED) is 0.568. The summed E-state index contributed by atoms with van der Waals surface area (Å²) in [4.78, 5) is 30.4. The predicted octanol–water partition coefficient (Wildman–Crippen LogP) is -0.310. The lowest BCUT2D eigenvalue weighted by atomic mass is 10.1. The molecule has 0 aliphatic rings. The largest absolute Gasteiger partial charge is 0.467 e. The highest BCUT2D eigenvalue weighted by Gasteiger charge is 2.24. The third-order valence-corrected chi connectivity index (χ3v) is 3.39. The Labute approximate surface area is 122 Å². The van der Waals surface area contributed by atoms with Crippen LogP contribution in [0, 0.1) is 0 Å². The molecule has 1 aromatic rings. The number of nitrogens with one attached hydrogen (secondary N) is 2. The minimum Gasteiger partial charge on any atom is -0.467 e. The topological polar surface area (TPSA) is 110 Å². The van der Waals surface area contributed by atoms with Crippen LogP contribution in [0.15, 0.2) is 12.5 Å². The molecule has 0 saturated heterocycles. The number of esters is 1. The van der Waals surface area contributed by atoms with Crippen molar-refractivity contribution >= 4 is 23.6 Å². The summed E-state index contributed by atoms with van der Waals surface area (Å²) in [5.41, 5.74) is 6.50. The fourth-order valence-corrected chi connectivity index (χ4v) is 2.10. The van der Waals surface area contributed by atoms with Gasteiger partial charge in [-0.1, -0.05) is 0 Å². The number of hydrogen-bond acceptors (Lipinski definition) is 6. The van der Waals surface area contributed by atoms with E-state index in [0.717, 1.165) is 11.4 Å². The molecule has 1 amide bonds. The first-order valence-electron chi connectivity index (χ1n) is 6.18. The summed E-state index contributed by atoms with van der Waals surface area (Å²) in [6.45, 7) is 0. The van der Waals surface area contributed by atoms with Crippen LogP contribution in [-0.2, 0) is 20.7 Å². The molecule has 0 bridgehead atoms. The molecule has 8 heteroatoms. The molecular weight excluding hydrogens is 280 g/mol. The number of carbonyl (C=O) groups is 2. The van der Waals surface area contributed by atoms with Crippen molar-refractivity contribution in [3.05, 3.63) is 18.2 Å². The zero-order valence-corrected chi connectivity index (χ0v) is 12.4. The van der Waals surface area contributed by atoms with E-state index in [1.807, 2.05) is 6.26 Å². The maximum absolute atomic E-state index is 11.9. The Morgan fingerprint density at radius 2 is 2.35 bits per heavy atom. The predicted molar refractivity (Wildman–Crippen MR) is 77.2 cm³/mol. The van der Waals surface area contributed by atoms with Crippen molar-refractivity contribution in [2.24, 2.45) is 5.73 Å². The fourth-order valence-electron chi connectivity index (χ4n) is 1.61. The number of amides is 1. The van der Waals surface area contributed by atoms with Gasteiger partial charge >= 0.3 is 5.97 Å². The van der Waals surface area contributed by atoms with Gasteiger partial charge in [0, 0.05) is 18.3 Å². The van der Waals surface area contributed by atoms with Crippen molar-refractivity contribution in [3.8, 4) is 0 Å². The first kappa shape index (κ1) is 16.5. The van der Waals surface area contributed by atoms with E-state index < -0.39 is 18.1 Å². The number of aromatic amines is 1. The molecule has 0 fully saturated rings. The van der Waals surface area contributed by atoms with Crippen molar-refractivity contribution in [1.82, 2.24) is 15.3 Å². The molecule has 1 rings (SSSR count). The molecule has 0 radical (unpaired) electrons. The van der Waals surface area contributed by atoms with Crippen molar-refractivity contribution in [2.75, 3.05) is 19.1 Å². The number of nitrogens with two attached hydrogens (primary N) is 1. The van der Waals surface area contributed by atoms with Crippen LogP contribution in [0.4, 0.5) is 0 Å². The number of thioether (sulfide) groups is 1. The Kier molecular flexibility index (Phi) is 7.10. The first-order chi connectivity index (χ1) is 9.58. The van der Waals surface area contributed by atoms with Gasteiger partial charge in [0.05, 0.1) is 19.5 Å². The van der Waals surface area contributed by atoms with Gasteiger partial charge in [0.1, 0.15) is 6.04 Å². The zero-order chi connectivity index (χ0) is 15.0. The van der Waals surface area contributed by atoms with Gasteiger partial charge in [-0.15, -0.1) is 0 Å². The Balaban J connectivity index is 2.60. The lowest BCUT2D eigenvalue weighted by molar-refractivity contribution is -0.145. The van der Waals surface area contributed by atoms with Gasteiger partial charge in [0.25, 0.3) is 0 Å². The van der Waals surface area contributed by atoms with E-state index in [1.165, 1.54) is 13.4 Å². The summed E-state index contributed by atoms with van der Waals surface area (Å²) >= 11 is 1.62. The number of ether oxygens (including phenoxy) is 1. The minimum absolute atomic E-state index is 0.285. The van der Waals surface area contributed by atoms with Gasteiger partial charge in [0.2, 0.25) is 5.91 Å². The number of rotatable bonds is 8. The van der Waals surface area contributed by atoms with Crippen LogP contribution in [0.3, 0.4) is 0 Å². The molecule has 7 nitrogen and oxygen atoms in total. The minimum atomic E-state index is -0.770. The van der Waals surface area contributed by atoms with E-state index in [-0.39, 0.29) is 12.3 Å². The highest BCUT2D eigenvalue weighted by molar-refractivity contribution is 7.98. The lowest BCUT2D eigenvalue weighted by Gasteiger charge is -2.18. The van der Waals surface area contributed by atoms with Crippen molar-refractivity contribution in [1.29, 1.82) is 0 Å². The molecule has 20 heavy (non-hydrogen) atoms. The maximum atomic E-state index is 11.9. The second-order valence-corrected chi connectivity index (χ2v) is 5.24. The Morgan fingerprint density at radius 3 is 2.90 bits per heavy atom. The molecule has 1 aromatic heterocycles. The molecule has 0 spiro atoms. The summed E-state index contributed by atoms with van der Waals surface area (Å²) in [6, 6.07) is -1.40. The van der Waals surface area contributed by atoms with Crippen LogP contribution < -0.4 is 11.1 Å². The number of H-pyrrole nitrogens is 1. The Hall–Kier alpha value is -1.54. The van der Waals surface area contributed by atoms with E-state index in [1.54, 1.807) is 18.0 Å². The Bertz CT molecular complexity index is 424. The normalized spacial score (nSPS) is 13.6. The molecule has 0 unspecified atom stereocenters. The third kappa shape index (κ3) is 5.22. The van der Waals surface area contributed by atoms with Gasteiger partial charge in [-0.2, -0.15) is 11.8 Å². The van der Waals surface area contributed by atoms with Crippen LogP contribution in [0.25, 0.3) is 0 Å². The number of hydrogen-bond donors (Lipinski definition) is 3. The molecular formula is C12H20N4O3S. The van der Waals surface area contributed by atoms with Gasteiger partial charge in [0.15, 0.2) is 0 Å². The van der Waals surface area contributed by atoms with E-state index in [9.17, 15) is 9.59 Å². The number of methoxy groups -OCH3 is 1. The second kappa shape index (κ2) is 8.60. The Morgan fingerprint density at radius 1 is 1.60 bits per heavy atom. The summed E-state index contributed by atoms with van der Waals surface area (Å²) in [6.07, 6.45) is 5.89. The van der Waals surface area contributed by atoms with Crippen molar-refractivity contribution < 1.29 is 14.3 Å². The molecule has 4 N–H and O–H groups in total. The van der Waals surface area contributed by atoms with E-state index in [0.29, 0.717) is 6.42 Å². The monoisotopic (exact) mass is 300 g/mol. The van der Waals surface area contributed by atoms with Gasteiger partial charge in [-0.25, -0.2) is 9.78 Å². The molecule has 1 heterocycles. The van der Waals surface area contributed by atoms with Crippen molar-refractivity contribution in [2.45, 2.75) is 24.9 Å². The second-order valence-electron chi connectivity index (χ2n) is 4.25. The van der Waals surface area contributed by atoms with Gasteiger partial charge in [-0.3, -0.25) is 4.79 Å². The third-order valence-electron chi connectivity index (χ3n) is 2.75. The van der Waals surface area contributed by atoms with Crippen LogP contribution in [0.2, 0.25) is 0 Å². The van der Waals surface area contributed by atoms with E-state index in [4.69, 9.17) is 10.5 Å². The number of carbonyl (C=O) groups excluding carboxylic acids is 2. The average molecular weight is 300 g/mol. The molecule has 0 saturated carbocycles. The number of nitrogens with zero attached hydrogens (tertiary/aromatic N) is 1. The van der Waals surface area contributed by atoms with Gasteiger partial charge < -0.3 is 20.8 Å². The standard InChI is InChI=1S/C12H20N4O3S/c1-19-12(18)10(5-8-6-14-7-15-8)16-11(17)9(13)3-4-20-2/h6-7,9-10H,3-5,13H2,1-2H3,(H,14,15)(H,16,17)/t9-,10+/m0/s1. The summed E-state index contributed by atoms with van der Waals surface area (Å²) in [5, 5.41) is 2.62. The highest BCUT2D eigenvalue weighted by Crippen LogP contribution is 2.03. The van der Waals surface area contributed by atoms with Crippen molar-refractivity contribution in [3.63, 3.8) is 0 Å². The smallest absolute Gasteiger partial charge is 0.328 e. The van der Waals surface area contributed by atoms with Crippen LogP contribution in [-0.4, -0.2) is 53.0 Å². The number of imidazole rings is 1. The average Bonchev–Trinajstić information content (AvgIpc) is 2.95. The summed E-state index contributed by atoms with van der Waals surface area (Å²) in [5.74, 6) is -0.0723. The van der Waals surface area contributed by atoms with Crippen LogP contribution in [0.1, 0.15) is 12.1 Å². The fraction of sp³-hybridized carbons (Fsp3) is 0.583. The molecule has 2 atom stereocenters. The van der Waals surface area contributed by atoms with E-state index in [2.05, 4.69) is 15.3 Å². The molecule has 0 aromatic carbocycles. The van der Waals surface area contributed by atoms with Crippen LogP contribution >= 0.6 is 11.8 Å². The first-order valence-corrected chi connectivity index (χ1v) is 7.57. The maximum Gasteiger partial charge on any atom is 0.328 e. The summed E-state index contributed by atoms with van der Waals surface area (Å²) < 4.78 is 4.69. The van der Waals surface area contributed by atoms with E-state index >= 15 is 0 Å². The van der Waals surface area contributed by atoms with Crippen LogP contribution in [0.5, 0.6) is 0 Å². The zero-order valence-electron chi connectivity index (χ0n) is 11.6.